The molecule has 0 spiro atoms. The van der Waals surface area contributed by atoms with E-state index < -0.39 is 0 Å². The van der Waals surface area contributed by atoms with Crippen LogP contribution in [0.1, 0.15) is 0 Å². The van der Waals surface area contributed by atoms with Crippen LogP contribution in [0.4, 0.5) is 0 Å². The van der Waals surface area contributed by atoms with Crippen LogP contribution in [-0.2, 0) is 17.4 Å². The number of nitrogens with one attached hydrogen (secondary N) is 2. The molecule has 5 heterocycles. The molecule has 9 rings (SSSR count). The second-order valence-corrected chi connectivity index (χ2v) is 10.7. The molecule has 9 heteroatoms. The Bertz CT molecular complexity index is 2400. The zero-order chi connectivity index (χ0) is 27.1. The second-order valence-electron chi connectivity index (χ2n) is 9.95. The molecule has 41 heavy (non-hydrogen) atoms. The van der Waals surface area contributed by atoms with Gasteiger partial charge >= 0.3 is 236 Å². The van der Waals surface area contributed by atoms with Gasteiger partial charge in [0.25, 0.3) is 0 Å². The Morgan fingerprint density at radius 2 is 0.780 bits per heavy atom. The van der Waals surface area contributed by atoms with Crippen LogP contribution in [0.15, 0.2) is 91.0 Å². The molecule has 0 saturated heterocycles. The van der Waals surface area contributed by atoms with Gasteiger partial charge in [-0.1, -0.05) is 6.07 Å². The average Bonchev–Trinajstić information content (AvgIpc) is 3.73. The molecule has 2 aliphatic heterocycles. The Morgan fingerprint density at radius 1 is 0.390 bits per heavy atom. The Morgan fingerprint density at radius 3 is 1.29 bits per heavy atom. The average molecular weight is 564 g/mol. The van der Waals surface area contributed by atoms with Crippen LogP contribution in [0, 0.1) is 0 Å². The van der Waals surface area contributed by atoms with Gasteiger partial charge in [-0.05, 0) is 0 Å². The van der Waals surface area contributed by atoms with E-state index in [9.17, 15) is 0 Å². The molecule has 2 N–H and O–H groups in total. The molecule has 0 fully saturated rings. The monoisotopic (exact) mass is 564 g/mol. The molecule has 0 unspecified atom stereocenters. The van der Waals surface area contributed by atoms with Crippen LogP contribution < -0.4 is 4.28 Å². The zero-order valence-electron chi connectivity index (χ0n) is 21.3. The summed E-state index contributed by atoms with van der Waals surface area (Å²) in [7, 11) is 0. The summed E-state index contributed by atoms with van der Waals surface area (Å²) in [6.45, 7) is 0. The van der Waals surface area contributed by atoms with Crippen LogP contribution in [0.5, 0.6) is 0 Å². The summed E-state index contributed by atoms with van der Waals surface area (Å²) in [6, 6.07) is 30.3. The van der Waals surface area contributed by atoms with Crippen LogP contribution >= 0.6 is 0 Å². The van der Waals surface area contributed by atoms with Crippen LogP contribution in [0.2, 0.25) is 0 Å². The number of aromatic amines is 2. The first-order chi connectivity index (χ1) is 20.2. The summed E-state index contributed by atoms with van der Waals surface area (Å²) in [5.74, 6) is 2.38. The summed E-state index contributed by atoms with van der Waals surface area (Å²) in [4.78, 5) is 37.0. The van der Waals surface area contributed by atoms with Crippen LogP contribution in [0.3, 0.4) is 0 Å². The van der Waals surface area contributed by atoms with Gasteiger partial charge in [-0.2, -0.15) is 0 Å². The minimum absolute atomic E-state index is 0.594. The molecule has 190 valence electrons. The van der Waals surface area contributed by atoms with Gasteiger partial charge in [0, 0.05) is 0 Å². The van der Waals surface area contributed by atoms with Crippen molar-refractivity contribution < 1.29 is 17.4 Å². The van der Waals surface area contributed by atoms with Crippen LogP contribution in [0.25, 0.3) is 89.7 Å². The van der Waals surface area contributed by atoms with Crippen molar-refractivity contribution >= 4 is 48.4 Å². The molecule has 4 aromatic carbocycles. The molecule has 8 nitrogen and oxygen atoms in total. The third-order valence-electron chi connectivity index (χ3n) is 7.56. The molecular formula is C32H17N8V. The first-order valence-corrected chi connectivity index (χ1v) is 13.8. The summed E-state index contributed by atoms with van der Waals surface area (Å²) in [5, 5.41) is 3.84. The van der Waals surface area contributed by atoms with Gasteiger partial charge in [0.2, 0.25) is 0 Å². The number of aromatic nitrogens is 8. The van der Waals surface area contributed by atoms with Crippen molar-refractivity contribution in [2.75, 3.05) is 0 Å². The van der Waals surface area contributed by atoms with Crippen molar-refractivity contribution in [3.8, 4) is 45.6 Å². The van der Waals surface area contributed by atoms with E-state index in [1.54, 1.807) is 0 Å². The molecular weight excluding hydrogens is 547 g/mol. The van der Waals surface area contributed by atoms with Crippen molar-refractivity contribution in [3.05, 3.63) is 91.0 Å². The van der Waals surface area contributed by atoms with E-state index in [1.165, 1.54) is 0 Å². The van der Waals surface area contributed by atoms with Crippen molar-refractivity contribution in [3.63, 3.8) is 0 Å². The molecule has 0 amide bonds. The zero-order valence-corrected chi connectivity index (χ0v) is 22.7. The maximum absolute atomic E-state index is 5.07. The van der Waals surface area contributed by atoms with Gasteiger partial charge in [0.1, 0.15) is 0 Å². The van der Waals surface area contributed by atoms with Crippen molar-refractivity contribution in [1.82, 2.24) is 39.9 Å². The Balaban J connectivity index is 1.52. The molecule has 0 atom stereocenters. The van der Waals surface area contributed by atoms with E-state index in [-0.39, 0.29) is 0 Å². The number of benzene rings is 4. The third-order valence-corrected chi connectivity index (χ3v) is 8.14. The topological polar surface area (TPSA) is 109 Å². The SMILES string of the molecule is [V][c]1cccc2c3nc4nc(nc5[nH]c(nc6nc(nc([nH]3)c12)-c1ccccc1-6)c1ccccc51)-c1ccccc1-4. The molecule has 2 aliphatic rings. The van der Waals surface area contributed by atoms with E-state index in [0.29, 0.717) is 45.9 Å². The van der Waals surface area contributed by atoms with Crippen molar-refractivity contribution in [1.29, 1.82) is 0 Å². The molecule has 7 aromatic rings. The first kappa shape index (κ1) is 22.6. The Hall–Kier alpha value is -5.18. The molecule has 0 radical (unpaired) electrons. The first-order valence-electron chi connectivity index (χ1n) is 13.1. The minimum atomic E-state index is 0.594. The number of nitrogens with zero attached hydrogens (tertiary/aromatic N) is 6. The number of fused-ring (bicyclic) bond motifs is 20. The third kappa shape index (κ3) is 3.35. The predicted molar refractivity (Wildman–Crippen MR) is 156 cm³/mol. The fourth-order valence-electron chi connectivity index (χ4n) is 5.67. The standard InChI is InChI=1S/C32H17N8.V/c1-2-10-18-17(9-1)25-33-26(18)38-28-21-13-5-6-14-22(21)30(35-28)40-32-24-16-8-7-15-23(24)31(36-32)39-29-20-12-4-3-11-19(20)27(34-29)37-25;/h1-15H,(H2,33,34,35,36,37,38,39,40);. The summed E-state index contributed by atoms with van der Waals surface area (Å²) >= 11 is 2.63. The van der Waals surface area contributed by atoms with Gasteiger partial charge < -0.3 is 0 Å². The normalized spacial score (nSPS) is 12.0. The Kier molecular flexibility index (Phi) is 4.64. The number of hydrogen-bond acceptors (Lipinski definition) is 6. The van der Waals surface area contributed by atoms with Crippen molar-refractivity contribution in [2.45, 2.75) is 0 Å². The fourth-order valence-corrected chi connectivity index (χ4v) is 6.16. The summed E-state index contributed by atoms with van der Waals surface area (Å²) in [6.07, 6.45) is 0. The van der Waals surface area contributed by atoms with Gasteiger partial charge in [-0.3, -0.25) is 0 Å². The van der Waals surface area contributed by atoms with Crippen molar-refractivity contribution in [2.24, 2.45) is 0 Å². The van der Waals surface area contributed by atoms with Gasteiger partial charge in [0.05, 0.1) is 0 Å². The van der Waals surface area contributed by atoms with Gasteiger partial charge in [0.15, 0.2) is 0 Å². The van der Waals surface area contributed by atoms with E-state index in [1.807, 2.05) is 78.9 Å². The van der Waals surface area contributed by atoms with E-state index in [4.69, 9.17) is 29.9 Å². The van der Waals surface area contributed by atoms with E-state index in [2.05, 4.69) is 39.5 Å². The fraction of sp³-hybridized carbons (Fsp3) is 0. The predicted octanol–water partition coefficient (Wildman–Crippen LogP) is 6.04. The number of rotatable bonds is 0. The number of hydrogen-bond donors (Lipinski definition) is 2. The molecule has 0 aliphatic carbocycles. The second kappa shape index (κ2) is 8.41. The van der Waals surface area contributed by atoms with Crippen LogP contribution in [-0.4, -0.2) is 39.9 Å². The van der Waals surface area contributed by atoms with E-state index in [0.717, 1.165) is 48.1 Å². The van der Waals surface area contributed by atoms with E-state index >= 15 is 0 Å². The van der Waals surface area contributed by atoms with Gasteiger partial charge in [-0.15, -0.1) is 0 Å². The Labute approximate surface area is 241 Å². The molecule has 8 bridgehead atoms. The number of H-pyrrole nitrogens is 2. The molecule has 3 aromatic heterocycles. The maximum atomic E-state index is 5.07. The quantitative estimate of drug-likeness (QED) is 0.233. The molecule has 0 saturated carbocycles. The van der Waals surface area contributed by atoms with Gasteiger partial charge in [-0.25, -0.2) is 0 Å². The summed E-state index contributed by atoms with van der Waals surface area (Å²) < 4.78 is 1.03. The summed E-state index contributed by atoms with van der Waals surface area (Å²) in [5.41, 5.74) is 6.43.